The van der Waals surface area contributed by atoms with Crippen molar-refractivity contribution in [3.05, 3.63) is 0 Å². The van der Waals surface area contributed by atoms with E-state index in [4.69, 9.17) is 44.9 Å². The molecule has 0 aromatic carbocycles. The van der Waals surface area contributed by atoms with Crippen LogP contribution in [0.15, 0.2) is 0 Å². The number of aliphatic hydroxyl groups excluding tert-OH is 2. The number of carbonyl (C=O) groups excluding carboxylic acids is 12. The Bertz CT molecular complexity index is 2570. The van der Waals surface area contributed by atoms with Gasteiger partial charge in [0.05, 0.1) is 31.6 Å². The first-order chi connectivity index (χ1) is 43.3. The molecule has 12 amide bonds. The van der Waals surface area contributed by atoms with Crippen molar-refractivity contribution in [3.8, 4) is 0 Å². The fourth-order valence-corrected chi connectivity index (χ4v) is 8.79. The van der Waals surface area contributed by atoms with Crippen molar-refractivity contribution in [1.29, 1.82) is 16.2 Å². The molecule has 0 aliphatic rings. The topological polar surface area (TPSA) is 653 Å². The van der Waals surface area contributed by atoms with Gasteiger partial charge < -0.3 is 118 Å². The molecule has 93 heavy (non-hydrogen) atoms. The summed E-state index contributed by atoms with van der Waals surface area (Å²) >= 11 is 0. The minimum Gasteiger partial charge on any atom is -0.481 e. The number of nitrogens with two attached hydrogens (primary N) is 5. The van der Waals surface area contributed by atoms with Gasteiger partial charge in [-0.05, 0) is 89.4 Å². The summed E-state index contributed by atoms with van der Waals surface area (Å²) in [5.41, 5.74) is 27.5. The molecule has 0 aromatic rings. The number of hydrogen-bond acceptors (Lipinski definition) is 19. The maximum absolute atomic E-state index is 14.4. The Labute approximate surface area is 539 Å². The van der Waals surface area contributed by atoms with Gasteiger partial charge in [0.1, 0.15) is 60.4 Å². The van der Waals surface area contributed by atoms with Gasteiger partial charge in [0.25, 0.3) is 0 Å². The fourth-order valence-electron chi connectivity index (χ4n) is 8.79. The van der Waals surface area contributed by atoms with Crippen LogP contribution in [-0.4, -0.2) is 216 Å². The molecule has 1 unspecified atom stereocenters. The van der Waals surface area contributed by atoms with Crippen LogP contribution in [0, 0.1) is 34.0 Å². The summed E-state index contributed by atoms with van der Waals surface area (Å²) in [6.45, 7) is 11.8. The molecule has 528 valence electrons. The number of guanidine groups is 3. The number of carboxylic acids is 1. The highest BCUT2D eigenvalue weighted by atomic mass is 16.4. The highest BCUT2D eigenvalue weighted by molar-refractivity contribution is 6.00. The summed E-state index contributed by atoms with van der Waals surface area (Å²) in [6.07, 6.45) is -3.71. The number of likely N-dealkylation sites (N-methyl/N-ethyl adjacent to an activating group) is 1. The quantitative estimate of drug-likeness (QED) is 0.0153. The smallest absolute Gasteiger partial charge is 0.305 e. The molecule has 30 N–H and O–H groups in total. The van der Waals surface area contributed by atoms with Gasteiger partial charge in [-0.1, -0.05) is 41.5 Å². The molecular formula is C55H102N22O16. The maximum Gasteiger partial charge on any atom is 0.305 e. The number of nitrogens with one attached hydrogen (secondary N) is 17. The third-order valence-corrected chi connectivity index (χ3v) is 13.5. The zero-order valence-corrected chi connectivity index (χ0v) is 54.3. The van der Waals surface area contributed by atoms with Crippen LogP contribution in [0.3, 0.4) is 0 Å². The molecule has 0 aliphatic carbocycles. The third-order valence-electron chi connectivity index (χ3n) is 13.5. The van der Waals surface area contributed by atoms with Crippen molar-refractivity contribution in [2.24, 2.45) is 46.4 Å². The van der Waals surface area contributed by atoms with E-state index in [1.165, 1.54) is 14.0 Å². The van der Waals surface area contributed by atoms with E-state index < -0.39 is 181 Å². The molecule has 0 aromatic heterocycles. The summed E-state index contributed by atoms with van der Waals surface area (Å²) in [5, 5.41) is 86.7. The fraction of sp³-hybridized carbons (Fsp3) is 0.709. The van der Waals surface area contributed by atoms with E-state index in [0.717, 1.165) is 6.92 Å². The number of aliphatic carboxylic acids is 1. The minimum atomic E-state index is -1.90. The predicted octanol–water partition coefficient (Wildman–Crippen LogP) is -8.42. The van der Waals surface area contributed by atoms with Gasteiger partial charge in [-0.3, -0.25) is 78.6 Å². The van der Waals surface area contributed by atoms with Crippen LogP contribution < -0.4 is 103 Å². The van der Waals surface area contributed by atoms with Gasteiger partial charge in [-0.25, -0.2) is 0 Å². The Morgan fingerprint density at radius 3 is 0.935 bits per heavy atom. The number of amides is 12. The molecule has 0 aliphatic heterocycles. The monoisotopic (exact) mass is 1330 g/mol. The van der Waals surface area contributed by atoms with Gasteiger partial charge in [0, 0.05) is 26.7 Å². The van der Waals surface area contributed by atoms with Crippen molar-refractivity contribution in [1.82, 2.24) is 74.4 Å². The molecule has 38 nitrogen and oxygen atoms in total. The van der Waals surface area contributed by atoms with E-state index in [1.807, 2.05) is 0 Å². The zero-order chi connectivity index (χ0) is 71.4. The van der Waals surface area contributed by atoms with Crippen LogP contribution in [-0.2, 0) is 62.3 Å². The lowest BCUT2D eigenvalue weighted by Crippen LogP contribution is -2.61. The largest absolute Gasteiger partial charge is 0.481 e. The Kier molecular flexibility index (Phi) is 39.2. The molecule has 0 spiro atoms. The van der Waals surface area contributed by atoms with Crippen LogP contribution in [0.25, 0.3) is 0 Å². The number of rotatable bonds is 45. The molecule has 0 heterocycles. The first-order valence-electron chi connectivity index (χ1n) is 30.4. The molecule has 0 fully saturated rings. The number of carbonyl (C=O) groups is 13. The highest BCUT2D eigenvalue weighted by Crippen LogP contribution is 2.13. The highest BCUT2D eigenvalue weighted by Gasteiger charge is 2.38. The summed E-state index contributed by atoms with van der Waals surface area (Å²) in [5.74, 6) is -15.8. The molecule has 0 saturated carbocycles. The number of aliphatic hydroxyl groups is 2. The number of carboxylic acid groups (broad SMARTS) is 1. The van der Waals surface area contributed by atoms with E-state index >= 15 is 0 Å². The molecular weight excluding hydrogens is 1220 g/mol. The average molecular weight is 1330 g/mol. The molecule has 0 saturated heterocycles. The van der Waals surface area contributed by atoms with Crippen molar-refractivity contribution in [2.45, 2.75) is 199 Å². The Morgan fingerprint density at radius 2 is 0.656 bits per heavy atom. The van der Waals surface area contributed by atoms with Crippen molar-refractivity contribution >= 4 is 94.7 Å². The summed E-state index contributed by atoms with van der Waals surface area (Å²) in [6, 6.07) is -16.9. The van der Waals surface area contributed by atoms with Crippen molar-refractivity contribution in [2.75, 3.05) is 33.3 Å². The van der Waals surface area contributed by atoms with Crippen molar-refractivity contribution < 1.29 is 77.6 Å². The van der Waals surface area contributed by atoms with E-state index in [9.17, 15) is 77.6 Å². The average Bonchev–Trinajstić information content (AvgIpc) is 2.36. The number of hydrogen-bond donors (Lipinski definition) is 25. The molecule has 38 heteroatoms. The molecule has 0 radical (unpaired) electrons. The van der Waals surface area contributed by atoms with Gasteiger partial charge in [-0.15, -0.1) is 0 Å². The van der Waals surface area contributed by atoms with Crippen LogP contribution >= 0.6 is 0 Å². The van der Waals surface area contributed by atoms with Gasteiger partial charge >= 0.3 is 5.97 Å². The minimum absolute atomic E-state index is 0.00724. The second kappa shape index (κ2) is 43.5. The Balaban J connectivity index is 6.98. The van der Waals surface area contributed by atoms with E-state index in [0.29, 0.717) is 0 Å². The van der Waals surface area contributed by atoms with E-state index in [2.05, 4.69) is 74.4 Å². The second-order valence-electron chi connectivity index (χ2n) is 23.5. The normalized spacial score (nSPS) is 14.9. The first-order valence-corrected chi connectivity index (χ1v) is 30.4. The Morgan fingerprint density at radius 1 is 0.387 bits per heavy atom. The van der Waals surface area contributed by atoms with Crippen molar-refractivity contribution in [3.63, 3.8) is 0 Å². The van der Waals surface area contributed by atoms with E-state index in [1.54, 1.807) is 41.5 Å². The zero-order valence-electron chi connectivity index (χ0n) is 54.3. The van der Waals surface area contributed by atoms with Crippen LogP contribution in [0.5, 0.6) is 0 Å². The lowest BCUT2D eigenvalue weighted by atomic mass is 9.99. The van der Waals surface area contributed by atoms with Crippen LogP contribution in [0.1, 0.15) is 126 Å². The van der Waals surface area contributed by atoms with Gasteiger partial charge in [0.15, 0.2) is 17.9 Å². The van der Waals surface area contributed by atoms with Crippen LogP contribution in [0.2, 0.25) is 0 Å². The SMILES string of the molecule is CNC(=O)[C@@H](NC(=O)[C@H](CC(=O)O)NC(=O)[C@H](CCCNC(=N)N)NC(=O)[C@H](CO)NC(=O)[C@H](CC(C)C)NC(=O)[C@H](CC(N)=O)NC(=O)[C@H](CC(C)C)NC(=O)[C@H](CC(C)C)NC(=O)[C@H](CCCNC(=N)N)NC(=O)[C@H](CCCNC(=N)N)NC(=O)[C@H](C)N)C(C)O. The lowest BCUT2D eigenvalue weighted by molar-refractivity contribution is -0.142. The first kappa shape index (κ1) is 83.8. The Hall–Kier alpha value is -9.20. The molecule has 0 bridgehead atoms. The number of primary amides is 1. The van der Waals surface area contributed by atoms with Gasteiger partial charge in [-0.2, -0.15) is 0 Å². The summed E-state index contributed by atoms with van der Waals surface area (Å²) < 4.78 is 0. The second-order valence-corrected chi connectivity index (χ2v) is 23.5. The maximum atomic E-state index is 14.4. The van der Waals surface area contributed by atoms with Crippen LogP contribution in [0.4, 0.5) is 0 Å². The standard InChI is InChI=1S/C55H102N22O16/c1-25(2)19-33(71-44(85)31(14-11-17-66-54(60)61)69-43(84)30(68-42(83)28(7)56)13-10-16-65-53(58)59)46(87)72-34(20-26(3)4)47(88)74-36(22-39(57)80)49(90)73-35(21-27(5)6)48(89)76-38(24-78)51(92)70-32(15-12-18-67-55(62)63)45(86)75-37(23-40(81)82)50(91)77-41(29(8)79)52(93)64-9/h25-38,41,78-79H,10-24,56H2,1-9H3,(H2,57,80)(H,64,93)(H,68,83)(H,69,84)(H,70,92)(H,71,85)(H,72,87)(H,73,90)(H,74,88)(H,75,86)(H,76,89)(H,77,91)(H,81,82)(H4,58,59,65)(H4,60,61,66)(H4,62,63,67)/t28-,29?,30-,31-,32-,33-,34-,35-,36-,37-,38-,41-/m0/s1. The molecule has 12 atom stereocenters. The third kappa shape index (κ3) is 35.3. The summed E-state index contributed by atoms with van der Waals surface area (Å²) in [4.78, 5) is 175. The van der Waals surface area contributed by atoms with Gasteiger partial charge in [0.2, 0.25) is 70.9 Å². The summed E-state index contributed by atoms with van der Waals surface area (Å²) in [7, 11) is 1.21. The molecule has 0 rings (SSSR count). The predicted molar refractivity (Wildman–Crippen MR) is 338 cm³/mol. The van der Waals surface area contributed by atoms with E-state index in [-0.39, 0.29) is 101 Å². The lowest BCUT2D eigenvalue weighted by Gasteiger charge is -2.29.